The standard InChI is InChI=1S/C22H34N2O5/c1-6-24-16(3)20(15(2)21(24)22(27)29-5)18(25)13-23(19(26)14-28-4)12-17-10-8-7-9-11-17/h17H,6-14H2,1-5H3. The lowest BCUT2D eigenvalue weighted by Gasteiger charge is -2.29. The molecule has 162 valence electrons. The number of ketones is 1. The fraction of sp³-hybridized carbons (Fsp3) is 0.682. The van der Waals surface area contributed by atoms with E-state index in [9.17, 15) is 14.4 Å². The SMILES string of the molecule is CCn1c(C)c(C(=O)CN(CC2CCCCC2)C(=O)COC)c(C)c1C(=O)OC. The summed E-state index contributed by atoms with van der Waals surface area (Å²) >= 11 is 0. The highest BCUT2D eigenvalue weighted by molar-refractivity contribution is 6.04. The number of amides is 1. The van der Waals surface area contributed by atoms with Crippen LogP contribution in [0.5, 0.6) is 0 Å². The van der Waals surface area contributed by atoms with E-state index < -0.39 is 5.97 Å². The number of hydrogen-bond acceptors (Lipinski definition) is 5. The summed E-state index contributed by atoms with van der Waals surface area (Å²) in [6.45, 7) is 6.60. The quantitative estimate of drug-likeness (QED) is 0.465. The number of esters is 1. The van der Waals surface area contributed by atoms with Crippen molar-refractivity contribution in [2.24, 2.45) is 5.92 Å². The third-order valence-electron chi connectivity index (χ3n) is 5.90. The molecule has 0 aromatic carbocycles. The van der Waals surface area contributed by atoms with Crippen LogP contribution in [0.4, 0.5) is 0 Å². The smallest absolute Gasteiger partial charge is 0.354 e. The maximum Gasteiger partial charge on any atom is 0.354 e. The Bertz CT molecular complexity index is 747. The van der Waals surface area contributed by atoms with Crippen LogP contribution in [-0.4, -0.2) is 61.0 Å². The number of carbonyl (C=O) groups excluding carboxylic acids is 3. The van der Waals surface area contributed by atoms with Crippen LogP contribution < -0.4 is 0 Å². The Morgan fingerprint density at radius 1 is 1.10 bits per heavy atom. The summed E-state index contributed by atoms with van der Waals surface area (Å²) in [6, 6.07) is 0. The van der Waals surface area contributed by atoms with E-state index in [1.807, 2.05) is 13.8 Å². The Kier molecular flexibility index (Phi) is 8.44. The van der Waals surface area contributed by atoms with Crippen molar-refractivity contribution in [3.8, 4) is 0 Å². The molecule has 0 unspecified atom stereocenters. The molecule has 1 aromatic heterocycles. The number of carbonyl (C=O) groups is 3. The van der Waals surface area contributed by atoms with Crippen molar-refractivity contribution in [2.75, 3.05) is 33.9 Å². The van der Waals surface area contributed by atoms with Crippen molar-refractivity contribution in [3.05, 3.63) is 22.5 Å². The van der Waals surface area contributed by atoms with Crippen molar-refractivity contribution < 1.29 is 23.9 Å². The highest BCUT2D eigenvalue weighted by Crippen LogP contribution is 2.26. The predicted octanol–water partition coefficient (Wildman–Crippen LogP) is 3.15. The number of ether oxygens (including phenoxy) is 2. The maximum atomic E-state index is 13.2. The molecule has 1 amide bonds. The van der Waals surface area contributed by atoms with Crippen molar-refractivity contribution in [1.82, 2.24) is 9.47 Å². The van der Waals surface area contributed by atoms with E-state index in [1.54, 1.807) is 16.4 Å². The van der Waals surface area contributed by atoms with Gasteiger partial charge in [-0.05, 0) is 45.1 Å². The topological polar surface area (TPSA) is 77.8 Å². The Balaban J connectivity index is 2.29. The van der Waals surface area contributed by atoms with Gasteiger partial charge in [0.15, 0.2) is 5.78 Å². The molecule has 0 N–H and O–H groups in total. The third kappa shape index (κ3) is 5.26. The first-order valence-corrected chi connectivity index (χ1v) is 10.4. The molecular formula is C22H34N2O5. The highest BCUT2D eigenvalue weighted by atomic mass is 16.5. The zero-order valence-electron chi connectivity index (χ0n) is 18.4. The van der Waals surface area contributed by atoms with Gasteiger partial charge in [-0.1, -0.05) is 19.3 Å². The predicted molar refractivity (Wildman–Crippen MR) is 110 cm³/mol. The van der Waals surface area contributed by atoms with Crippen LogP contribution in [0.15, 0.2) is 0 Å². The van der Waals surface area contributed by atoms with Gasteiger partial charge in [-0.25, -0.2) is 4.79 Å². The molecule has 7 nitrogen and oxygen atoms in total. The van der Waals surface area contributed by atoms with E-state index in [1.165, 1.54) is 33.5 Å². The number of nitrogens with zero attached hydrogens (tertiary/aromatic N) is 2. The second kappa shape index (κ2) is 10.6. The zero-order valence-corrected chi connectivity index (χ0v) is 18.4. The minimum Gasteiger partial charge on any atom is -0.464 e. The molecule has 0 bridgehead atoms. The van der Waals surface area contributed by atoms with Crippen LogP contribution >= 0.6 is 0 Å². The fourth-order valence-corrected chi connectivity index (χ4v) is 4.46. The highest BCUT2D eigenvalue weighted by Gasteiger charge is 2.29. The van der Waals surface area contributed by atoms with Gasteiger partial charge in [0.25, 0.3) is 0 Å². The lowest BCUT2D eigenvalue weighted by molar-refractivity contribution is -0.135. The average molecular weight is 407 g/mol. The van der Waals surface area contributed by atoms with E-state index in [4.69, 9.17) is 9.47 Å². The second-order valence-corrected chi connectivity index (χ2v) is 7.80. The molecule has 0 spiro atoms. The van der Waals surface area contributed by atoms with Crippen LogP contribution in [0.1, 0.15) is 71.1 Å². The van der Waals surface area contributed by atoms with E-state index in [0.29, 0.717) is 35.8 Å². The van der Waals surface area contributed by atoms with Crippen molar-refractivity contribution in [2.45, 2.75) is 59.4 Å². The molecule has 1 aliphatic carbocycles. The summed E-state index contributed by atoms with van der Waals surface area (Å²) in [5, 5.41) is 0. The van der Waals surface area contributed by atoms with Crippen LogP contribution in [0, 0.1) is 19.8 Å². The van der Waals surface area contributed by atoms with Gasteiger partial charge >= 0.3 is 5.97 Å². The second-order valence-electron chi connectivity index (χ2n) is 7.80. The van der Waals surface area contributed by atoms with Gasteiger partial charge in [0.05, 0.1) is 13.7 Å². The summed E-state index contributed by atoms with van der Waals surface area (Å²) < 4.78 is 11.7. The summed E-state index contributed by atoms with van der Waals surface area (Å²) in [4.78, 5) is 39.7. The molecule has 1 heterocycles. The lowest BCUT2D eigenvalue weighted by Crippen LogP contribution is -2.41. The molecule has 2 rings (SSSR count). The minimum atomic E-state index is -0.457. The zero-order chi connectivity index (χ0) is 21.6. The average Bonchev–Trinajstić information content (AvgIpc) is 2.97. The maximum absolute atomic E-state index is 13.2. The minimum absolute atomic E-state index is 0.00524. The molecule has 29 heavy (non-hydrogen) atoms. The fourth-order valence-electron chi connectivity index (χ4n) is 4.46. The molecule has 0 atom stereocenters. The molecule has 0 radical (unpaired) electrons. The lowest BCUT2D eigenvalue weighted by atomic mass is 9.89. The van der Waals surface area contributed by atoms with Crippen LogP contribution in [0.25, 0.3) is 0 Å². The van der Waals surface area contributed by atoms with E-state index in [-0.39, 0.29) is 24.8 Å². The van der Waals surface area contributed by atoms with Gasteiger partial charge in [-0.15, -0.1) is 0 Å². The number of rotatable bonds is 9. The Hall–Kier alpha value is -2.15. The molecule has 1 aromatic rings. The normalized spacial score (nSPS) is 14.7. The summed E-state index contributed by atoms with van der Waals surface area (Å²) in [7, 11) is 2.82. The number of methoxy groups -OCH3 is 2. The van der Waals surface area contributed by atoms with Gasteiger partial charge < -0.3 is 18.9 Å². The third-order valence-corrected chi connectivity index (χ3v) is 5.90. The van der Waals surface area contributed by atoms with Gasteiger partial charge in [-0.2, -0.15) is 0 Å². The summed E-state index contributed by atoms with van der Waals surface area (Å²) in [6.07, 6.45) is 5.75. The van der Waals surface area contributed by atoms with Crippen molar-refractivity contribution in [3.63, 3.8) is 0 Å². The van der Waals surface area contributed by atoms with E-state index in [2.05, 4.69) is 0 Å². The summed E-state index contributed by atoms with van der Waals surface area (Å²) in [5.74, 6) is -0.367. The molecular weight excluding hydrogens is 372 g/mol. The molecule has 0 aliphatic heterocycles. The number of hydrogen-bond donors (Lipinski definition) is 0. The monoisotopic (exact) mass is 406 g/mol. The first-order chi connectivity index (χ1) is 13.8. The Morgan fingerprint density at radius 3 is 2.31 bits per heavy atom. The van der Waals surface area contributed by atoms with Gasteiger partial charge in [-0.3, -0.25) is 9.59 Å². The van der Waals surface area contributed by atoms with Crippen molar-refractivity contribution >= 4 is 17.7 Å². The van der Waals surface area contributed by atoms with Crippen LogP contribution in [0.3, 0.4) is 0 Å². The molecule has 1 saturated carbocycles. The molecule has 0 saturated heterocycles. The number of Topliss-reactive ketones (excluding diaryl/α,β-unsaturated/α-hetero) is 1. The molecule has 1 aliphatic rings. The first kappa shape index (κ1) is 23.1. The number of aromatic nitrogens is 1. The summed E-state index contributed by atoms with van der Waals surface area (Å²) in [5.41, 5.74) is 2.24. The van der Waals surface area contributed by atoms with Crippen molar-refractivity contribution in [1.29, 1.82) is 0 Å². The van der Waals surface area contributed by atoms with Gasteiger partial charge in [0.2, 0.25) is 5.91 Å². The Labute approximate surface area is 173 Å². The van der Waals surface area contributed by atoms with Crippen LogP contribution in [-0.2, 0) is 20.8 Å². The Morgan fingerprint density at radius 2 is 1.76 bits per heavy atom. The van der Waals surface area contributed by atoms with E-state index >= 15 is 0 Å². The largest absolute Gasteiger partial charge is 0.464 e. The van der Waals surface area contributed by atoms with E-state index in [0.717, 1.165) is 18.5 Å². The molecule has 7 heteroatoms. The first-order valence-electron chi connectivity index (χ1n) is 10.4. The van der Waals surface area contributed by atoms with Gasteiger partial charge in [0, 0.05) is 31.5 Å². The van der Waals surface area contributed by atoms with Crippen LogP contribution in [0.2, 0.25) is 0 Å². The molecule has 1 fully saturated rings. The van der Waals surface area contributed by atoms with Gasteiger partial charge in [0.1, 0.15) is 12.3 Å².